The van der Waals surface area contributed by atoms with Crippen molar-refractivity contribution in [3.05, 3.63) is 0 Å². The van der Waals surface area contributed by atoms with Gasteiger partial charge < -0.3 is 9.80 Å². The molecule has 0 bridgehead atoms. The van der Waals surface area contributed by atoms with Crippen molar-refractivity contribution >= 4 is 0 Å². The van der Waals surface area contributed by atoms with E-state index in [1.807, 2.05) is 13.8 Å². The van der Waals surface area contributed by atoms with E-state index in [4.69, 9.17) is 0 Å². The van der Waals surface area contributed by atoms with Gasteiger partial charge in [-0.05, 0) is 45.1 Å². The van der Waals surface area contributed by atoms with Crippen LogP contribution < -0.4 is 0 Å². The molecule has 118 valence electrons. The minimum atomic E-state index is 0.752. The lowest BCUT2D eigenvalue weighted by Gasteiger charge is -2.61. The van der Waals surface area contributed by atoms with Crippen molar-refractivity contribution in [2.24, 2.45) is 11.3 Å². The molecular formula is C17H35N3. The lowest BCUT2D eigenvalue weighted by Crippen LogP contribution is -2.65. The maximum Gasteiger partial charge on any atom is 0.0110 e. The van der Waals surface area contributed by atoms with Gasteiger partial charge in [-0.3, -0.25) is 4.90 Å². The van der Waals surface area contributed by atoms with E-state index in [1.165, 1.54) is 58.7 Å². The average Bonchev–Trinajstić information content (AvgIpc) is 2.35. The summed E-state index contributed by atoms with van der Waals surface area (Å²) in [6, 6.07) is 0.757. The van der Waals surface area contributed by atoms with E-state index in [0.29, 0.717) is 0 Å². The van der Waals surface area contributed by atoms with Gasteiger partial charge in [-0.15, -0.1) is 0 Å². The molecule has 1 aliphatic carbocycles. The van der Waals surface area contributed by atoms with Gasteiger partial charge >= 0.3 is 0 Å². The van der Waals surface area contributed by atoms with Crippen molar-refractivity contribution in [1.29, 1.82) is 0 Å². The largest absolute Gasteiger partial charge is 0.304 e. The molecule has 20 heavy (non-hydrogen) atoms. The zero-order valence-corrected chi connectivity index (χ0v) is 14.4. The third-order valence-electron chi connectivity index (χ3n) is 5.36. The van der Waals surface area contributed by atoms with Crippen LogP contribution in [0.5, 0.6) is 0 Å². The van der Waals surface area contributed by atoms with Crippen molar-refractivity contribution in [2.75, 3.05) is 52.9 Å². The fourth-order valence-electron chi connectivity index (χ4n) is 4.13. The van der Waals surface area contributed by atoms with Gasteiger partial charge in [0.1, 0.15) is 0 Å². The van der Waals surface area contributed by atoms with Gasteiger partial charge in [0, 0.05) is 51.9 Å². The van der Waals surface area contributed by atoms with E-state index in [-0.39, 0.29) is 0 Å². The second kappa shape index (κ2) is 6.76. The molecule has 0 amide bonds. The highest BCUT2D eigenvalue weighted by atomic mass is 15.3. The van der Waals surface area contributed by atoms with E-state index in [9.17, 15) is 0 Å². The molecule has 3 heteroatoms. The second-order valence-corrected chi connectivity index (χ2v) is 7.38. The quantitative estimate of drug-likeness (QED) is 0.786. The fourth-order valence-corrected chi connectivity index (χ4v) is 4.13. The molecule has 2 heterocycles. The lowest BCUT2D eigenvalue weighted by atomic mass is 9.57. The molecule has 3 fully saturated rings. The van der Waals surface area contributed by atoms with Crippen LogP contribution in [0.3, 0.4) is 0 Å². The van der Waals surface area contributed by atoms with Crippen molar-refractivity contribution in [3.63, 3.8) is 0 Å². The normalized spacial score (nSPS) is 27.9. The van der Waals surface area contributed by atoms with E-state index in [1.54, 1.807) is 0 Å². The molecule has 3 nitrogen and oxygen atoms in total. The summed E-state index contributed by atoms with van der Waals surface area (Å²) in [5.74, 6) is 1.00. The SMILES string of the molecule is CC.CC(C)N1CC2(CC(CN3CCN(C)CC3)C2)C1. The Hall–Kier alpha value is -0.120. The van der Waals surface area contributed by atoms with Crippen LogP contribution in [-0.2, 0) is 0 Å². The summed E-state index contributed by atoms with van der Waals surface area (Å²) in [5, 5.41) is 0. The fraction of sp³-hybridized carbons (Fsp3) is 1.00. The molecule has 0 unspecified atom stereocenters. The van der Waals surface area contributed by atoms with Gasteiger partial charge in [0.15, 0.2) is 0 Å². The predicted molar refractivity (Wildman–Crippen MR) is 87.2 cm³/mol. The monoisotopic (exact) mass is 281 g/mol. The first-order chi connectivity index (χ1) is 9.56. The van der Waals surface area contributed by atoms with Gasteiger partial charge in [0.25, 0.3) is 0 Å². The molecule has 0 radical (unpaired) electrons. The Kier molecular flexibility index (Phi) is 5.49. The van der Waals surface area contributed by atoms with Crippen LogP contribution in [0, 0.1) is 11.3 Å². The maximum absolute atomic E-state index is 2.69. The summed E-state index contributed by atoms with van der Waals surface area (Å²) in [4.78, 5) is 7.77. The molecule has 3 rings (SSSR count). The van der Waals surface area contributed by atoms with E-state index >= 15 is 0 Å². The number of hydrogen-bond acceptors (Lipinski definition) is 3. The van der Waals surface area contributed by atoms with E-state index in [0.717, 1.165) is 17.4 Å². The predicted octanol–water partition coefficient (Wildman–Crippen LogP) is 2.38. The highest BCUT2D eigenvalue weighted by molar-refractivity contribution is 5.05. The van der Waals surface area contributed by atoms with Gasteiger partial charge in [0.05, 0.1) is 0 Å². The smallest absolute Gasteiger partial charge is 0.0110 e. The Morgan fingerprint density at radius 2 is 1.55 bits per heavy atom. The van der Waals surface area contributed by atoms with E-state index < -0.39 is 0 Å². The van der Waals surface area contributed by atoms with Crippen LogP contribution in [-0.4, -0.2) is 73.6 Å². The van der Waals surface area contributed by atoms with Gasteiger partial charge in [0.2, 0.25) is 0 Å². The summed E-state index contributed by atoms with van der Waals surface area (Å²) in [6.07, 6.45) is 3.01. The molecule has 0 aromatic carbocycles. The number of hydrogen-bond donors (Lipinski definition) is 0. The highest BCUT2D eigenvalue weighted by Gasteiger charge is 2.52. The molecule has 0 N–H and O–H groups in total. The molecular weight excluding hydrogens is 246 g/mol. The number of rotatable bonds is 3. The standard InChI is InChI=1S/C15H29N3.C2H6/c1-13(2)18-11-15(12-18)8-14(9-15)10-17-6-4-16(3)5-7-17;1-2/h13-14H,4-12H2,1-3H3;1-2H3. The second-order valence-electron chi connectivity index (χ2n) is 7.38. The van der Waals surface area contributed by atoms with Crippen molar-refractivity contribution < 1.29 is 0 Å². The summed E-state index contributed by atoms with van der Waals surface area (Å²) >= 11 is 0. The number of likely N-dealkylation sites (N-methyl/N-ethyl adjacent to an activating group) is 1. The number of nitrogens with zero attached hydrogens (tertiary/aromatic N) is 3. The van der Waals surface area contributed by atoms with Crippen molar-refractivity contribution in [1.82, 2.24) is 14.7 Å². The Labute approximate surface area is 126 Å². The van der Waals surface area contributed by atoms with Crippen LogP contribution in [0.4, 0.5) is 0 Å². The molecule has 1 spiro atoms. The molecule has 2 aliphatic heterocycles. The van der Waals surface area contributed by atoms with Crippen LogP contribution in [0.25, 0.3) is 0 Å². The Balaban J connectivity index is 0.000000704. The zero-order chi connectivity index (χ0) is 14.8. The van der Waals surface area contributed by atoms with Gasteiger partial charge in [-0.2, -0.15) is 0 Å². The summed E-state index contributed by atoms with van der Waals surface area (Å²) < 4.78 is 0. The van der Waals surface area contributed by atoms with Crippen LogP contribution >= 0.6 is 0 Å². The minimum absolute atomic E-state index is 0.752. The Bertz CT molecular complexity index is 281. The zero-order valence-electron chi connectivity index (χ0n) is 14.4. The molecule has 1 saturated carbocycles. The van der Waals surface area contributed by atoms with Crippen molar-refractivity contribution in [2.45, 2.75) is 46.6 Å². The first-order valence-corrected chi connectivity index (χ1v) is 8.71. The molecule has 0 aromatic heterocycles. The molecule has 2 saturated heterocycles. The molecule has 0 atom stereocenters. The molecule has 0 aromatic rings. The van der Waals surface area contributed by atoms with Gasteiger partial charge in [-0.25, -0.2) is 0 Å². The van der Waals surface area contributed by atoms with Gasteiger partial charge in [-0.1, -0.05) is 13.8 Å². The first kappa shape index (κ1) is 16.3. The summed E-state index contributed by atoms with van der Waals surface area (Å²) in [6.45, 7) is 17.9. The Morgan fingerprint density at radius 1 is 1.00 bits per heavy atom. The van der Waals surface area contributed by atoms with Crippen LogP contribution in [0.15, 0.2) is 0 Å². The number of piperazine rings is 1. The lowest BCUT2D eigenvalue weighted by molar-refractivity contribution is -0.114. The van der Waals surface area contributed by atoms with Crippen molar-refractivity contribution in [3.8, 4) is 0 Å². The minimum Gasteiger partial charge on any atom is -0.304 e. The third kappa shape index (κ3) is 3.55. The summed E-state index contributed by atoms with van der Waals surface area (Å²) in [7, 11) is 2.24. The summed E-state index contributed by atoms with van der Waals surface area (Å²) in [5.41, 5.74) is 0.752. The Morgan fingerprint density at radius 3 is 2.05 bits per heavy atom. The maximum atomic E-state index is 2.69. The first-order valence-electron chi connectivity index (χ1n) is 8.71. The topological polar surface area (TPSA) is 9.72 Å². The number of likely N-dealkylation sites (tertiary alicyclic amines) is 1. The average molecular weight is 281 g/mol. The van der Waals surface area contributed by atoms with Crippen LogP contribution in [0.2, 0.25) is 0 Å². The van der Waals surface area contributed by atoms with E-state index in [2.05, 4.69) is 35.6 Å². The van der Waals surface area contributed by atoms with Crippen LogP contribution in [0.1, 0.15) is 40.5 Å². The highest BCUT2D eigenvalue weighted by Crippen LogP contribution is 2.52. The third-order valence-corrected chi connectivity index (χ3v) is 5.36. The molecule has 3 aliphatic rings.